The van der Waals surface area contributed by atoms with Gasteiger partial charge < -0.3 is 0 Å². The molecule has 0 unspecified atom stereocenters. The van der Waals surface area contributed by atoms with Crippen LogP contribution in [0.4, 0.5) is 0 Å². The molecule has 0 aliphatic carbocycles. The van der Waals surface area contributed by atoms with E-state index in [-0.39, 0.29) is 5.82 Å². The van der Waals surface area contributed by atoms with Gasteiger partial charge in [0.25, 0.3) is 0 Å². The molecule has 0 radical (unpaired) electrons. The van der Waals surface area contributed by atoms with Gasteiger partial charge in [0.2, 0.25) is 0 Å². The minimum absolute atomic E-state index is 0.188. The largest absolute Gasteiger partial charge is 0.259 e. The highest BCUT2D eigenvalue weighted by Gasteiger charge is 2.37. The Bertz CT molecular complexity index is 721. The summed E-state index contributed by atoms with van der Waals surface area (Å²) < 4.78 is 22.3. The van der Waals surface area contributed by atoms with Crippen molar-refractivity contribution in [2.24, 2.45) is 0 Å². The van der Waals surface area contributed by atoms with E-state index in [1.54, 1.807) is 20.0 Å². The summed E-state index contributed by atoms with van der Waals surface area (Å²) in [4.78, 5) is 5.56. The molecule has 108 valence electrons. The summed E-state index contributed by atoms with van der Waals surface area (Å²) in [7, 11) is -3.32. The maximum atomic E-state index is 11.7. The van der Waals surface area contributed by atoms with Crippen LogP contribution in [0.5, 0.6) is 0 Å². The summed E-state index contributed by atoms with van der Waals surface area (Å²) in [6.45, 7) is 5.45. The average molecular weight is 295 g/mol. The smallest absolute Gasteiger partial charge is 0.195 e. The number of tetrazole rings is 1. The molecule has 2 aromatic rings. The first-order chi connectivity index (χ1) is 9.20. The Labute approximate surface area is 118 Å². The predicted octanol–water partition coefficient (Wildman–Crippen LogP) is 0.705. The zero-order chi connectivity index (χ0) is 15.0. The molecule has 0 fully saturated rings. The van der Waals surface area contributed by atoms with E-state index in [9.17, 15) is 8.42 Å². The van der Waals surface area contributed by atoms with E-state index in [1.165, 1.54) is 4.80 Å². The highest BCUT2D eigenvalue weighted by atomic mass is 32.2. The van der Waals surface area contributed by atoms with E-state index >= 15 is 0 Å². The van der Waals surface area contributed by atoms with Gasteiger partial charge >= 0.3 is 0 Å². The van der Waals surface area contributed by atoms with Gasteiger partial charge in [-0.05, 0) is 43.7 Å². The fraction of sp³-hybridized carbons (Fsp3) is 0.500. The van der Waals surface area contributed by atoms with Crippen LogP contribution in [0.3, 0.4) is 0 Å². The van der Waals surface area contributed by atoms with Gasteiger partial charge in [0.15, 0.2) is 15.7 Å². The molecular weight excluding hydrogens is 278 g/mol. The SMILES string of the molecule is Cc1ccnc(Cn2nnc(C(C)(C)S(C)(=O)=O)n2)c1. The summed E-state index contributed by atoms with van der Waals surface area (Å²) in [5, 5.41) is 11.9. The van der Waals surface area contributed by atoms with Crippen LogP contribution in [-0.2, 0) is 21.1 Å². The number of pyridine rings is 1. The average Bonchev–Trinajstić information content (AvgIpc) is 2.76. The highest BCUT2D eigenvalue weighted by Crippen LogP contribution is 2.24. The Morgan fingerprint density at radius 2 is 2.05 bits per heavy atom. The van der Waals surface area contributed by atoms with Crippen LogP contribution in [0.25, 0.3) is 0 Å². The number of aryl methyl sites for hydroxylation is 1. The maximum absolute atomic E-state index is 11.7. The second kappa shape index (κ2) is 4.93. The van der Waals surface area contributed by atoms with E-state index in [0.29, 0.717) is 6.54 Å². The minimum Gasteiger partial charge on any atom is -0.259 e. The molecule has 0 spiro atoms. The number of sulfone groups is 1. The van der Waals surface area contributed by atoms with Crippen LogP contribution in [0.15, 0.2) is 18.3 Å². The lowest BCUT2D eigenvalue weighted by Crippen LogP contribution is -2.29. The molecule has 7 nitrogen and oxygen atoms in total. The third-order valence-electron chi connectivity index (χ3n) is 3.19. The number of aromatic nitrogens is 5. The Hall–Kier alpha value is -1.83. The first-order valence-electron chi connectivity index (χ1n) is 6.09. The molecule has 2 heterocycles. The molecule has 0 atom stereocenters. The van der Waals surface area contributed by atoms with Crippen LogP contribution in [0.1, 0.15) is 30.9 Å². The number of rotatable bonds is 4. The van der Waals surface area contributed by atoms with Gasteiger partial charge in [-0.25, -0.2) is 8.42 Å². The van der Waals surface area contributed by atoms with E-state index in [4.69, 9.17) is 0 Å². The number of nitrogens with zero attached hydrogens (tertiary/aromatic N) is 5. The summed E-state index contributed by atoms with van der Waals surface area (Å²) in [5.41, 5.74) is 1.89. The van der Waals surface area contributed by atoms with Gasteiger partial charge in [0, 0.05) is 12.5 Å². The number of hydrogen-bond donors (Lipinski definition) is 0. The predicted molar refractivity (Wildman–Crippen MR) is 73.8 cm³/mol. The van der Waals surface area contributed by atoms with Gasteiger partial charge in [0.1, 0.15) is 11.3 Å². The van der Waals surface area contributed by atoms with Crippen molar-refractivity contribution in [3.8, 4) is 0 Å². The van der Waals surface area contributed by atoms with Gasteiger partial charge in [-0.15, -0.1) is 10.2 Å². The van der Waals surface area contributed by atoms with E-state index in [0.717, 1.165) is 17.5 Å². The second-order valence-corrected chi connectivity index (χ2v) is 7.82. The Morgan fingerprint density at radius 1 is 1.35 bits per heavy atom. The van der Waals surface area contributed by atoms with Crippen LogP contribution < -0.4 is 0 Å². The second-order valence-electron chi connectivity index (χ2n) is 5.25. The van der Waals surface area contributed by atoms with Crippen molar-refractivity contribution in [1.82, 2.24) is 25.2 Å². The molecule has 0 aliphatic rings. The molecule has 0 aromatic carbocycles. The molecule has 0 N–H and O–H groups in total. The molecule has 0 amide bonds. The van der Waals surface area contributed by atoms with E-state index in [2.05, 4.69) is 20.4 Å². The Balaban J connectivity index is 2.26. The van der Waals surface area contributed by atoms with E-state index < -0.39 is 14.6 Å². The summed E-state index contributed by atoms with van der Waals surface area (Å²) in [6, 6.07) is 3.82. The van der Waals surface area contributed by atoms with Crippen molar-refractivity contribution < 1.29 is 8.42 Å². The van der Waals surface area contributed by atoms with Crippen molar-refractivity contribution in [3.63, 3.8) is 0 Å². The standard InChI is InChI=1S/C12H17N5O2S/c1-9-5-6-13-10(7-9)8-17-15-11(14-16-17)12(2,3)20(4,18)19/h5-7H,8H2,1-4H3. The minimum atomic E-state index is -3.32. The first kappa shape index (κ1) is 14.6. The molecule has 0 bridgehead atoms. The van der Waals surface area contributed by atoms with Crippen LogP contribution >= 0.6 is 0 Å². The molecule has 0 saturated carbocycles. The summed E-state index contributed by atoms with van der Waals surface area (Å²) >= 11 is 0. The molecule has 2 rings (SSSR count). The van der Waals surface area contributed by atoms with Gasteiger partial charge in [-0.2, -0.15) is 4.80 Å². The highest BCUT2D eigenvalue weighted by molar-refractivity contribution is 7.91. The zero-order valence-corrected chi connectivity index (χ0v) is 12.7. The van der Waals surface area contributed by atoms with Gasteiger partial charge in [-0.1, -0.05) is 0 Å². The van der Waals surface area contributed by atoms with Crippen molar-refractivity contribution >= 4 is 9.84 Å². The van der Waals surface area contributed by atoms with Crippen molar-refractivity contribution in [2.45, 2.75) is 32.1 Å². The van der Waals surface area contributed by atoms with Crippen LogP contribution in [0, 0.1) is 6.92 Å². The van der Waals surface area contributed by atoms with Crippen LogP contribution in [0.2, 0.25) is 0 Å². The summed E-state index contributed by atoms with van der Waals surface area (Å²) in [6.07, 6.45) is 2.87. The quantitative estimate of drug-likeness (QED) is 0.825. The monoisotopic (exact) mass is 295 g/mol. The van der Waals surface area contributed by atoms with Gasteiger partial charge in [-0.3, -0.25) is 4.98 Å². The third kappa shape index (κ3) is 2.84. The van der Waals surface area contributed by atoms with Crippen molar-refractivity contribution in [2.75, 3.05) is 6.26 Å². The lowest BCUT2D eigenvalue weighted by atomic mass is 10.2. The molecule has 0 saturated heterocycles. The molecule has 20 heavy (non-hydrogen) atoms. The fourth-order valence-electron chi connectivity index (χ4n) is 1.55. The van der Waals surface area contributed by atoms with Gasteiger partial charge in [0.05, 0.1) is 5.69 Å². The van der Waals surface area contributed by atoms with E-state index in [1.807, 2.05) is 19.1 Å². The Morgan fingerprint density at radius 3 is 2.65 bits per heavy atom. The lowest BCUT2D eigenvalue weighted by Gasteiger charge is -2.17. The van der Waals surface area contributed by atoms with Crippen molar-refractivity contribution in [1.29, 1.82) is 0 Å². The zero-order valence-electron chi connectivity index (χ0n) is 11.9. The number of hydrogen-bond acceptors (Lipinski definition) is 6. The topological polar surface area (TPSA) is 90.6 Å². The molecule has 8 heteroatoms. The normalized spacial score (nSPS) is 12.6. The molecule has 2 aromatic heterocycles. The molecular formula is C12H17N5O2S. The fourth-order valence-corrected chi connectivity index (χ4v) is 1.96. The van der Waals surface area contributed by atoms with Crippen molar-refractivity contribution in [3.05, 3.63) is 35.4 Å². The third-order valence-corrected chi connectivity index (χ3v) is 5.23. The first-order valence-corrected chi connectivity index (χ1v) is 7.99. The Kier molecular flexibility index (Phi) is 3.59. The lowest BCUT2D eigenvalue weighted by molar-refractivity contribution is 0.539. The molecule has 0 aliphatic heterocycles. The maximum Gasteiger partial charge on any atom is 0.195 e. The summed E-state index contributed by atoms with van der Waals surface area (Å²) in [5.74, 6) is 0.188. The van der Waals surface area contributed by atoms with Crippen LogP contribution in [-0.4, -0.2) is 39.9 Å².